The number of nitrogen functional groups attached to an aromatic ring is 1. The first-order valence-electron chi connectivity index (χ1n) is 5.79. The predicted molar refractivity (Wildman–Crippen MR) is 75.8 cm³/mol. The number of hydrogen-bond acceptors (Lipinski definition) is 3. The second-order valence-corrected chi connectivity index (χ2v) is 5.09. The Labute approximate surface area is 119 Å². The van der Waals surface area contributed by atoms with Crippen molar-refractivity contribution in [1.82, 2.24) is 9.78 Å². The highest BCUT2D eigenvalue weighted by Crippen LogP contribution is 2.30. The van der Waals surface area contributed by atoms with E-state index in [0.717, 1.165) is 15.7 Å². The van der Waals surface area contributed by atoms with Crippen LogP contribution in [0.5, 0.6) is 5.75 Å². The van der Waals surface area contributed by atoms with Gasteiger partial charge in [0.15, 0.2) is 11.6 Å². The van der Waals surface area contributed by atoms with E-state index in [0.29, 0.717) is 5.82 Å². The molecule has 2 N–H and O–H groups in total. The van der Waals surface area contributed by atoms with Crippen LogP contribution in [0, 0.1) is 12.7 Å². The largest absolute Gasteiger partial charge is 0.494 e. The molecule has 1 aromatic heterocycles. The molecule has 19 heavy (non-hydrogen) atoms. The lowest BCUT2D eigenvalue weighted by Gasteiger charge is -2.15. The van der Waals surface area contributed by atoms with Crippen LogP contribution in [0.15, 0.2) is 22.7 Å². The maximum absolute atomic E-state index is 13.7. The molecule has 0 saturated carbocycles. The Kier molecular flexibility index (Phi) is 3.80. The molecule has 0 fully saturated rings. The summed E-state index contributed by atoms with van der Waals surface area (Å²) in [6, 6.07) is 4.68. The molecule has 1 heterocycles. The number of aromatic nitrogens is 2. The number of rotatable bonds is 3. The molecule has 102 valence electrons. The average molecular weight is 328 g/mol. The van der Waals surface area contributed by atoms with E-state index >= 15 is 0 Å². The molecule has 6 heteroatoms. The van der Waals surface area contributed by atoms with Crippen LogP contribution in [0.1, 0.15) is 24.2 Å². The Morgan fingerprint density at radius 1 is 1.47 bits per heavy atom. The maximum Gasteiger partial charge on any atom is 0.165 e. The van der Waals surface area contributed by atoms with Crippen molar-refractivity contribution in [2.45, 2.75) is 19.9 Å². The molecule has 1 aromatic carbocycles. The number of ether oxygens (including phenoxy) is 1. The molecule has 0 bridgehead atoms. The van der Waals surface area contributed by atoms with Gasteiger partial charge < -0.3 is 10.5 Å². The minimum atomic E-state index is -0.395. The Balaban J connectivity index is 2.41. The maximum atomic E-state index is 13.7. The smallest absolute Gasteiger partial charge is 0.165 e. The van der Waals surface area contributed by atoms with Gasteiger partial charge in [-0.25, -0.2) is 9.07 Å². The fraction of sp³-hybridized carbons (Fsp3) is 0.308. The molecule has 0 spiro atoms. The van der Waals surface area contributed by atoms with E-state index in [-0.39, 0.29) is 11.8 Å². The van der Waals surface area contributed by atoms with Gasteiger partial charge in [-0.15, -0.1) is 0 Å². The van der Waals surface area contributed by atoms with Gasteiger partial charge in [0.05, 0.1) is 23.3 Å². The Morgan fingerprint density at radius 3 is 2.63 bits per heavy atom. The van der Waals surface area contributed by atoms with Gasteiger partial charge >= 0.3 is 0 Å². The Morgan fingerprint density at radius 2 is 2.16 bits per heavy atom. The summed E-state index contributed by atoms with van der Waals surface area (Å²) in [7, 11) is 1.44. The minimum Gasteiger partial charge on any atom is -0.494 e. The van der Waals surface area contributed by atoms with E-state index in [1.54, 1.807) is 16.8 Å². The highest BCUT2D eigenvalue weighted by Gasteiger charge is 2.17. The number of hydrogen-bond donors (Lipinski definition) is 1. The lowest BCUT2D eigenvalue weighted by Crippen LogP contribution is -2.12. The van der Waals surface area contributed by atoms with Crippen LogP contribution in [-0.4, -0.2) is 16.9 Å². The van der Waals surface area contributed by atoms with Gasteiger partial charge in [-0.3, -0.25) is 0 Å². The van der Waals surface area contributed by atoms with E-state index in [9.17, 15) is 4.39 Å². The lowest BCUT2D eigenvalue weighted by molar-refractivity contribution is 0.385. The van der Waals surface area contributed by atoms with Gasteiger partial charge in [0.1, 0.15) is 5.82 Å². The second kappa shape index (κ2) is 5.21. The van der Waals surface area contributed by atoms with Crippen molar-refractivity contribution in [1.29, 1.82) is 0 Å². The van der Waals surface area contributed by atoms with Crippen molar-refractivity contribution in [2.75, 3.05) is 12.8 Å². The van der Waals surface area contributed by atoms with Gasteiger partial charge in [0.2, 0.25) is 0 Å². The quantitative estimate of drug-likeness (QED) is 0.941. The van der Waals surface area contributed by atoms with Crippen molar-refractivity contribution in [2.24, 2.45) is 0 Å². The SMILES string of the molecule is COc1ccc(C(C)n2nc(C)c(Br)c2N)cc1F. The topological polar surface area (TPSA) is 53.1 Å². The summed E-state index contributed by atoms with van der Waals surface area (Å²) in [5.74, 6) is 0.358. The highest BCUT2D eigenvalue weighted by atomic mass is 79.9. The normalized spacial score (nSPS) is 12.5. The molecule has 0 saturated heterocycles. The van der Waals surface area contributed by atoms with Gasteiger partial charge in [-0.05, 0) is 47.5 Å². The van der Waals surface area contributed by atoms with E-state index in [1.165, 1.54) is 13.2 Å². The molecule has 0 amide bonds. The molecule has 2 aromatic rings. The van der Waals surface area contributed by atoms with Gasteiger partial charge in [-0.2, -0.15) is 5.10 Å². The highest BCUT2D eigenvalue weighted by molar-refractivity contribution is 9.10. The van der Waals surface area contributed by atoms with E-state index in [4.69, 9.17) is 10.5 Å². The van der Waals surface area contributed by atoms with Gasteiger partial charge in [0.25, 0.3) is 0 Å². The summed E-state index contributed by atoms with van der Waals surface area (Å²) in [5, 5.41) is 4.35. The monoisotopic (exact) mass is 327 g/mol. The van der Waals surface area contributed by atoms with Crippen molar-refractivity contribution >= 4 is 21.7 Å². The number of halogens is 2. The first kappa shape index (κ1) is 13.9. The Bertz CT molecular complexity index is 612. The fourth-order valence-electron chi connectivity index (χ4n) is 1.92. The number of nitrogens with two attached hydrogens (primary N) is 1. The molecule has 4 nitrogen and oxygen atoms in total. The van der Waals surface area contributed by atoms with Crippen molar-refractivity contribution in [3.05, 3.63) is 39.7 Å². The molecular formula is C13H15BrFN3O. The van der Waals surface area contributed by atoms with Crippen LogP contribution in [0.2, 0.25) is 0 Å². The van der Waals surface area contributed by atoms with Crippen molar-refractivity contribution in [3.8, 4) is 5.75 Å². The number of nitrogens with zero attached hydrogens (tertiary/aromatic N) is 2. The third kappa shape index (κ3) is 2.45. The standard InChI is InChI=1S/C13H15BrFN3O/c1-7-12(14)13(16)18(17-7)8(2)9-4-5-11(19-3)10(15)6-9/h4-6,8H,16H2,1-3H3. The molecule has 1 atom stereocenters. The molecule has 0 radical (unpaired) electrons. The van der Waals surface area contributed by atoms with E-state index < -0.39 is 5.82 Å². The van der Waals surface area contributed by atoms with Crippen LogP contribution < -0.4 is 10.5 Å². The summed E-state index contributed by atoms with van der Waals surface area (Å²) in [6.07, 6.45) is 0. The van der Waals surface area contributed by atoms with Crippen LogP contribution in [0.4, 0.5) is 10.2 Å². The van der Waals surface area contributed by atoms with Crippen LogP contribution in [0.25, 0.3) is 0 Å². The number of anilines is 1. The second-order valence-electron chi connectivity index (χ2n) is 4.30. The van der Waals surface area contributed by atoms with Crippen LogP contribution >= 0.6 is 15.9 Å². The fourth-order valence-corrected chi connectivity index (χ4v) is 2.19. The zero-order valence-corrected chi connectivity index (χ0v) is 12.5. The predicted octanol–water partition coefficient (Wildman–Crippen LogP) is 3.29. The summed E-state index contributed by atoms with van der Waals surface area (Å²) < 4.78 is 21.1. The van der Waals surface area contributed by atoms with E-state index in [2.05, 4.69) is 21.0 Å². The van der Waals surface area contributed by atoms with Crippen molar-refractivity contribution < 1.29 is 9.13 Å². The molecule has 0 aliphatic carbocycles. The molecular weight excluding hydrogens is 313 g/mol. The first-order valence-corrected chi connectivity index (χ1v) is 6.58. The number of methoxy groups -OCH3 is 1. The summed E-state index contributed by atoms with van der Waals surface area (Å²) in [6.45, 7) is 3.77. The first-order chi connectivity index (χ1) is 8.95. The summed E-state index contributed by atoms with van der Waals surface area (Å²) >= 11 is 3.38. The zero-order valence-electron chi connectivity index (χ0n) is 10.9. The Hall–Kier alpha value is -1.56. The third-order valence-electron chi connectivity index (χ3n) is 3.07. The zero-order chi connectivity index (χ0) is 14.2. The average Bonchev–Trinajstić information content (AvgIpc) is 2.65. The molecule has 1 unspecified atom stereocenters. The van der Waals surface area contributed by atoms with Crippen LogP contribution in [0.3, 0.4) is 0 Å². The summed E-state index contributed by atoms with van der Waals surface area (Å²) in [4.78, 5) is 0. The molecule has 0 aliphatic rings. The molecule has 2 rings (SSSR count). The molecule has 0 aliphatic heterocycles. The van der Waals surface area contributed by atoms with Crippen LogP contribution in [-0.2, 0) is 0 Å². The van der Waals surface area contributed by atoms with Crippen molar-refractivity contribution in [3.63, 3.8) is 0 Å². The van der Waals surface area contributed by atoms with Gasteiger partial charge in [-0.1, -0.05) is 6.07 Å². The summed E-state index contributed by atoms with van der Waals surface area (Å²) in [5.41, 5.74) is 7.55. The lowest BCUT2D eigenvalue weighted by atomic mass is 10.1. The van der Waals surface area contributed by atoms with Gasteiger partial charge in [0, 0.05) is 0 Å². The third-order valence-corrected chi connectivity index (χ3v) is 4.05. The number of aryl methyl sites for hydroxylation is 1. The minimum absolute atomic E-state index is 0.162. The number of benzene rings is 1. The van der Waals surface area contributed by atoms with E-state index in [1.807, 2.05) is 13.8 Å².